The van der Waals surface area contributed by atoms with Crippen molar-refractivity contribution in [1.29, 1.82) is 0 Å². The van der Waals surface area contributed by atoms with E-state index in [1.807, 2.05) is 62.4 Å². The second-order valence-electron chi connectivity index (χ2n) is 6.87. The van der Waals surface area contributed by atoms with Gasteiger partial charge in [0.2, 0.25) is 11.9 Å². The van der Waals surface area contributed by atoms with Gasteiger partial charge >= 0.3 is 0 Å². The van der Waals surface area contributed by atoms with Crippen molar-refractivity contribution in [2.45, 2.75) is 19.9 Å². The van der Waals surface area contributed by atoms with Gasteiger partial charge in [0.05, 0.1) is 19.3 Å². The number of aromatic nitrogens is 3. The minimum atomic E-state index is -0.511. The van der Waals surface area contributed by atoms with Gasteiger partial charge in [0.1, 0.15) is 17.5 Å². The van der Waals surface area contributed by atoms with Gasteiger partial charge in [-0.1, -0.05) is 24.3 Å². The van der Waals surface area contributed by atoms with Crippen LogP contribution in [0.3, 0.4) is 0 Å². The molecule has 1 unspecified atom stereocenters. The highest BCUT2D eigenvalue weighted by Gasteiger charge is 2.33. The highest BCUT2D eigenvalue weighted by molar-refractivity contribution is 5.95. The minimum absolute atomic E-state index is 0.439. The fraction of sp³-hybridized carbons (Fsp3) is 0.227. The van der Waals surface area contributed by atoms with Crippen molar-refractivity contribution in [3.05, 3.63) is 65.4 Å². The summed E-state index contributed by atoms with van der Waals surface area (Å²) < 4.78 is 12.5. The van der Waals surface area contributed by atoms with Gasteiger partial charge < -0.3 is 20.5 Å². The van der Waals surface area contributed by atoms with Crippen molar-refractivity contribution >= 4 is 11.9 Å². The lowest BCUT2D eigenvalue weighted by Crippen LogP contribution is -2.31. The maximum atomic E-state index is 12.3. The average Bonchev–Trinajstić information content (AvgIpc) is 3.17. The van der Waals surface area contributed by atoms with E-state index in [0.29, 0.717) is 35.4 Å². The molecule has 2 heterocycles. The van der Waals surface area contributed by atoms with Gasteiger partial charge in [-0.25, -0.2) is 4.68 Å². The van der Waals surface area contributed by atoms with Crippen LogP contribution in [0.25, 0.3) is 11.4 Å². The summed E-state index contributed by atoms with van der Waals surface area (Å²) >= 11 is 0. The Labute approximate surface area is 174 Å². The van der Waals surface area contributed by atoms with E-state index >= 15 is 0 Å². The summed E-state index contributed by atoms with van der Waals surface area (Å²) in [6, 6.07) is 14.6. The quantitative estimate of drug-likeness (QED) is 0.653. The lowest BCUT2D eigenvalue weighted by atomic mass is 9.95. The number of ether oxygens (including phenoxy) is 2. The molecule has 0 radical (unpaired) electrons. The van der Waals surface area contributed by atoms with Gasteiger partial charge in [-0.05, 0) is 43.7 Å². The summed E-state index contributed by atoms with van der Waals surface area (Å²) in [4.78, 5) is 16.9. The zero-order valence-corrected chi connectivity index (χ0v) is 17.0. The Bertz CT molecular complexity index is 1120. The number of benzene rings is 2. The van der Waals surface area contributed by atoms with Crippen LogP contribution in [0.1, 0.15) is 25.5 Å². The number of hydrogen-bond acceptors (Lipinski definition) is 6. The number of hydrogen-bond donors (Lipinski definition) is 2. The van der Waals surface area contributed by atoms with Gasteiger partial charge in [-0.2, -0.15) is 4.98 Å². The molecule has 1 amide bonds. The lowest BCUT2D eigenvalue weighted by molar-refractivity contribution is -0.115. The van der Waals surface area contributed by atoms with Crippen LogP contribution >= 0.6 is 0 Å². The summed E-state index contributed by atoms with van der Waals surface area (Å²) in [5.74, 6) is 2.01. The molecule has 1 atom stereocenters. The fourth-order valence-corrected chi connectivity index (χ4v) is 3.58. The predicted molar refractivity (Wildman–Crippen MR) is 113 cm³/mol. The molecule has 0 bridgehead atoms. The Hall–Kier alpha value is -3.81. The Balaban J connectivity index is 1.81. The third-order valence-electron chi connectivity index (χ3n) is 4.95. The minimum Gasteiger partial charge on any atom is -0.497 e. The molecule has 4 rings (SSSR count). The highest BCUT2D eigenvalue weighted by atomic mass is 16.5. The second kappa shape index (κ2) is 7.90. The van der Waals surface area contributed by atoms with Crippen molar-refractivity contribution in [2.24, 2.45) is 5.73 Å². The molecule has 3 N–H and O–H groups in total. The maximum Gasteiger partial charge on any atom is 0.248 e. The van der Waals surface area contributed by atoms with Crippen LogP contribution in [-0.2, 0) is 4.79 Å². The van der Waals surface area contributed by atoms with Crippen LogP contribution in [0, 0.1) is 0 Å². The standard InChI is InChI=1S/C22H23N5O3/c1-4-30-16-10-8-14(9-11-16)19-18(20(23)28)13(2)24-22-25-21(26-27(19)22)15-6-5-7-17(12-15)29-3/h5-12,19H,4H2,1-3H3,(H2,23,28)(H,24,25,26). The molecule has 1 aromatic heterocycles. The van der Waals surface area contributed by atoms with Gasteiger partial charge in [-0.15, -0.1) is 5.10 Å². The van der Waals surface area contributed by atoms with Crippen molar-refractivity contribution < 1.29 is 14.3 Å². The first kappa shape index (κ1) is 19.5. The van der Waals surface area contributed by atoms with Gasteiger partial charge in [0, 0.05) is 11.3 Å². The maximum absolute atomic E-state index is 12.3. The number of primary amides is 1. The van der Waals surface area contributed by atoms with Crippen LogP contribution in [0.5, 0.6) is 11.5 Å². The van der Waals surface area contributed by atoms with Gasteiger partial charge in [-0.3, -0.25) is 4.79 Å². The summed E-state index contributed by atoms with van der Waals surface area (Å²) in [5, 5.41) is 7.85. The summed E-state index contributed by atoms with van der Waals surface area (Å²) in [7, 11) is 1.61. The van der Waals surface area contributed by atoms with Crippen LogP contribution < -0.4 is 20.5 Å². The number of nitrogens with one attached hydrogen (secondary N) is 1. The van der Waals surface area contributed by atoms with Crippen LogP contribution in [0.2, 0.25) is 0 Å². The molecular formula is C22H23N5O3. The first-order chi connectivity index (χ1) is 14.5. The number of methoxy groups -OCH3 is 1. The molecule has 0 saturated carbocycles. The lowest BCUT2D eigenvalue weighted by Gasteiger charge is -2.27. The Morgan fingerprint density at radius 3 is 2.63 bits per heavy atom. The number of fused-ring (bicyclic) bond motifs is 1. The molecule has 1 aliphatic rings. The van der Waals surface area contributed by atoms with E-state index in [9.17, 15) is 4.79 Å². The van der Waals surface area contributed by atoms with Gasteiger partial charge in [0.25, 0.3) is 0 Å². The molecule has 2 aromatic carbocycles. The topological polar surface area (TPSA) is 104 Å². The Morgan fingerprint density at radius 1 is 1.20 bits per heavy atom. The number of nitrogens with zero attached hydrogens (tertiary/aromatic N) is 3. The van der Waals surface area contributed by atoms with Crippen molar-refractivity contribution in [3.63, 3.8) is 0 Å². The highest BCUT2D eigenvalue weighted by Crippen LogP contribution is 2.36. The van der Waals surface area contributed by atoms with E-state index in [1.54, 1.807) is 11.8 Å². The molecular weight excluding hydrogens is 382 g/mol. The molecule has 0 fully saturated rings. The van der Waals surface area contributed by atoms with E-state index in [-0.39, 0.29) is 0 Å². The largest absolute Gasteiger partial charge is 0.497 e. The second-order valence-corrected chi connectivity index (χ2v) is 6.87. The zero-order chi connectivity index (χ0) is 21.3. The van der Waals surface area contributed by atoms with Crippen LogP contribution in [0.15, 0.2) is 59.8 Å². The van der Waals surface area contributed by atoms with Crippen molar-refractivity contribution in [3.8, 4) is 22.9 Å². The molecule has 0 spiro atoms. The number of allylic oxidation sites excluding steroid dienone is 1. The molecule has 0 saturated heterocycles. The summed E-state index contributed by atoms with van der Waals surface area (Å²) in [6.07, 6.45) is 0. The molecule has 154 valence electrons. The zero-order valence-electron chi connectivity index (χ0n) is 17.0. The van der Waals surface area contributed by atoms with Crippen molar-refractivity contribution in [1.82, 2.24) is 14.8 Å². The number of nitrogens with two attached hydrogens (primary N) is 1. The SMILES string of the molecule is CCOc1ccc(C2C(C(N)=O)=C(C)Nc3nc(-c4cccc(OC)c4)nn32)cc1. The fourth-order valence-electron chi connectivity index (χ4n) is 3.58. The number of carbonyl (C=O) groups is 1. The monoisotopic (exact) mass is 405 g/mol. The summed E-state index contributed by atoms with van der Waals surface area (Å²) in [5.41, 5.74) is 8.49. The van der Waals surface area contributed by atoms with E-state index in [1.165, 1.54) is 0 Å². The van der Waals surface area contributed by atoms with Gasteiger partial charge in [0.15, 0.2) is 5.82 Å². The molecule has 0 aliphatic carbocycles. The van der Waals surface area contributed by atoms with Crippen LogP contribution in [0.4, 0.5) is 5.95 Å². The normalized spacial score (nSPS) is 15.4. The molecule has 8 nitrogen and oxygen atoms in total. The van der Waals surface area contributed by atoms with E-state index < -0.39 is 11.9 Å². The molecule has 8 heteroatoms. The first-order valence-electron chi connectivity index (χ1n) is 9.63. The smallest absolute Gasteiger partial charge is 0.248 e. The number of amides is 1. The first-order valence-corrected chi connectivity index (χ1v) is 9.63. The third-order valence-corrected chi connectivity index (χ3v) is 4.95. The van der Waals surface area contributed by atoms with E-state index in [4.69, 9.17) is 20.3 Å². The number of rotatable bonds is 6. The summed E-state index contributed by atoms with van der Waals surface area (Å²) in [6.45, 7) is 4.32. The molecule has 3 aromatic rings. The Kier molecular flexibility index (Phi) is 5.14. The third kappa shape index (κ3) is 3.47. The van der Waals surface area contributed by atoms with E-state index in [2.05, 4.69) is 10.3 Å². The van der Waals surface area contributed by atoms with E-state index in [0.717, 1.165) is 16.9 Å². The average molecular weight is 405 g/mol. The number of carbonyl (C=O) groups excluding carboxylic acids is 1. The predicted octanol–water partition coefficient (Wildman–Crippen LogP) is 3.13. The Morgan fingerprint density at radius 2 is 1.97 bits per heavy atom. The molecule has 1 aliphatic heterocycles. The number of anilines is 1. The molecule has 30 heavy (non-hydrogen) atoms. The van der Waals surface area contributed by atoms with Crippen LogP contribution in [-0.4, -0.2) is 34.4 Å². The van der Waals surface area contributed by atoms with Crippen molar-refractivity contribution in [2.75, 3.05) is 19.0 Å².